The molecular formula is C10H13NO2S. The summed E-state index contributed by atoms with van der Waals surface area (Å²) in [6.45, 7) is 3.64. The van der Waals surface area contributed by atoms with E-state index in [0.717, 1.165) is 4.90 Å². The number of hydrogen-bond acceptors (Lipinski definition) is 3. The van der Waals surface area contributed by atoms with Crippen molar-refractivity contribution in [1.29, 1.82) is 0 Å². The molecule has 0 aromatic heterocycles. The summed E-state index contributed by atoms with van der Waals surface area (Å²) in [4.78, 5) is 11.2. The standard InChI is InChI=1S/C10H13NO2S/c1-8-4-3-5-10(6-8)14-7-9(2)11(12)13/h3-6,9H,7H2,1-2H3. The summed E-state index contributed by atoms with van der Waals surface area (Å²) in [5.41, 5.74) is 1.18. The fraction of sp³-hybridized carbons (Fsp3) is 0.400. The number of thioether (sulfide) groups is 1. The van der Waals surface area contributed by atoms with Crippen LogP contribution in [0.4, 0.5) is 0 Å². The molecule has 3 nitrogen and oxygen atoms in total. The van der Waals surface area contributed by atoms with Crippen LogP contribution in [-0.4, -0.2) is 16.7 Å². The SMILES string of the molecule is Cc1cccc(SCC(C)[N+](=O)[O-])c1. The minimum atomic E-state index is -0.486. The maximum Gasteiger partial charge on any atom is 0.219 e. The number of nitro groups is 1. The van der Waals surface area contributed by atoms with Gasteiger partial charge < -0.3 is 0 Å². The van der Waals surface area contributed by atoms with Crippen LogP contribution in [0.1, 0.15) is 12.5 Å². The Kier molecular flexibility index (Phi) is 3.95. The van der Waals surface area contributed by atoms with Crippen molar-refractivity contribution in [3.63, 3.8) is 0 Å². The van der Waals surface area contributed by atoms with E-state index in [4.69, 9.17) is 0 Å². The van der Waals surface area contributed by atoms with Crippen molar-refractivity contribution < 1.29 is 4.92 Å². The first-order valence-corrected chi connectivity index (χ1v) is 5.41. The lowest BCUT2D eigenvalue weighted by Gasteiger charge is -2.04. The molecule has 0 saturated heterocycles. The maximum absolute atomic E-state index is 10.4. The molecule has 0 heterocycles. The number of aryl methyl sites for hydroxylation is 1. The molecule has 1 aromatic carbocycles. The smallest absolute Gasteiger partial charge is 0.219 e. The van der Waals surface area contributed by atoms with Crippen LogP contribution in [0.3, 0.4) is 0 Å². The monoisotopic (exact) mass is 211 g/mol. The molecule has 4 heteroatoms. The van der Waals surface area contributed by atoms with Gasteiger partial charge in [-0.1, -0.05) is 17.7 Å². The van der Waals surface area contributed by atoms with E-state index >= 15 is 0 Å². The van der Waals surface area contributed by atoms with Gasteiger partial charge in [0.05, 0.1) is 5.75 Å². The van der Waals surface area contributed by atoms with E-state index in [1.807, 2.05) is 31.2 Å². The zero-order valence-corrected chi connectivity index (χ0v) is 9.08. The van der Waals surface area contributed by atoms with Crippen LogP contribution in [0.15, 0.2) is 29.2 Å². The van der Waals surface area contributed by atoms with Crippen molar-refractivity contribution >= 4 is 11.8 Å². The molecule has 0 aliphatic rings. The Bertz CT molecular complexity index is 328. The first-order chi connectivity index (χ1) is 6.59. The van der Waals surface area contributed by atoms with Crippen LogP contribution in [0.25, 0.3) is 0 Å². The van der Waals surface area contributed by atoms with Gasteiger partial charge >= 0.3 is 0 Å². The average molecular weight is 211 g/mol. The largest absolute Gasteiger partial charge is 0.264 e. The van der Waals surface area contributed by atoms with Gasteiger partial charge in [0.25, 0.3) is 0 Å². The van der Waals surface area contributed by atoms with Crippen LogP contribution < -0.4 is 0 Å². The molecule has 0 bridgehead atoms. The molecule has 76 valence electrons. The van der Waals surface area contributed by atoms with Gasteiger partial charge in [0.1, 0.15) is 0 Å². The molecule has 0 saturated carbocycles. The van der Waals surface area contributed by atoms with Crippen molar-refractivity contribution in [1.82, 2.24) is 0 Å². The van der Waals surface area contributed by atoms with Crippen molar-refractivity contribution in [2.45, 2.75) is 24.8 Å². The second-order valence-electron chi connectivity index (χ2n) is 3.26. The highest BCUT2D eigenvalue weighted by Gasteiger charge is 2.12. The van der Waals surface area contributed by atoms with Crippen molar-refractivity contribution in [2.24, 2.45) is 0 Å². The summed E-state index contributed by atoms with van der Waals surface area (Å²) < 4.78 is 0. The first-order valence-electron chi connectivity index (χ1n) is 4.42. The Hall–Kier alpha value is -1.03. The van der Waals surface area contributed by atoms with Gasteiger partial charge in [0.15, 0.2) is 0 Å². The van der Waals surface area contributed by atoms with E-state index in [1.165, 1.54) is 17.3 Å². The zero-order chi connectivity index (χ0) is 10.6. The summed E-state index contributed by atoms with van der Waals surface area (Å²) in [5, 5.41) is 10.4. The number of hydrogen-bond donors (Lipinski definition) is 0. The first kappa shape index (κ1) is 11.0. The van der Waals surface area contributed by atoms with E-state index in [2.05, 4.69) is 0 Å². The van der Waals surface area contributed by atoms with Gasteiger partial charge in [-0.05, 0) is 19.1 Å². The van der Waals surface area contributed by atoms with E-state index in [0.29, 0.717) is 5.75 Å². The second kappa shape index (κ2) is 5.00. The lowest BCUT2D eigenvalue weighted by molar-refractivity contribution is -0.511. The summed E-state index contributed by atoms with van der Waals surface area (Å²) in [6.07, 6.45) is 0. The summed E-state index contributed by atoms with van der Waals surface area (Å²) in [5.74, 6) is 0.524. The van der Waals surface area contributed by atoms with Crippen LogP contribution in [0.5, 0.6) is 0 Å². The molecule has 1 rings (SSSR count). The normalized spacial score (nSPS) is 12.4. The van der Waals surface area contributed by atoms with Gasteiger partial charge in [-0.2, -0.15) is 0 Å². The Morgan fingerprint density at radius 2 is 2.29 bits per heavy atom. The summed E-state index contributed by atoms with van der Waals surface area (Å²) >= 11 is 1.53. The van der Waals surface area contributed by atoms with Gasteiger partial charge in [0, 0.05) is 16.7 Å². The molecule has 1 unspecified atom stereocenters. The lowest BCUT2D eigenvalue weighted by Crippen LogP contribution is -2.17. The predicted octanol–water partition coefficient (Wildman–Crippen LogP) is 2.75. The fourth-order valence-electron chi connectivity index (χ4n) is 0.983. The molecule has 1 aromatic rings. The van der Waals surface area contributed by atoms with Crippen LogP contribution in [0, 0.1) is 17.0 Å². The fourth-order valence-corrected chi connectivity index (χ4v) is 1.98. The zero-order valence-electron chi connectivity index (χ0n) is 8.27. The molecule has 0 spiro atoms. The maximum atomic E-state index is 10.4. The molecule has 14 heavy (non-hydrogen) atoms. The molecule has 0 aliphatic carbocycles. The van der Waals surface area contributed by atoms with E-state index in [1.54, 1.807) is 6.92 Å². The highest BCUT2D eigenvalue weighted by molar-refractivity contribution is 7.99. The Morgan fingerprint density at radius 3 is 2.86 bits per heavy atom. The van der Waals surface area contributed by atoms with Gasteiger partial charge in [0.2, 0.25) is 6.04 Å². The predicted molar refractivity (Wildman–Crippen MR) is 58.4 cm³/mol. The molecular weight excluding hydrogens is 198 g/mol. The highest BCUT2D eigenvalue weighted by Crippen LogP contribution is 2.20. The van der Waals surface area contributed by atoms with Gasteiger partial charge in [-0.25, -0.2) is 0 Å². The highest BCUT2D eigenvalue weighted by atomic mass is 32.2. The van der Waals surface area contributed by atoms with Crippen molar-refractivity contribution in [2.75, 3.05) is 5.75 Å². The minimum Gasteiger partial charge on any atom is -0.264 e. The van der Waals surface area contributed by atoms with Crippen LogP contribution >= 0.6 is 11.8 Å². The number of benzene rings is 1. The van der Waals surface area contributed by atoms with Gasteiger partial charge in [-0.15, -0.1) is 11.8 Å². The topological polar surface area (TPSA) is 43.1 Å². The molecule has 0 aliphatic heterocycles. The lowest BCUT2D eigenvalue weighted by atomic mass is 10.2. The number of nitrogens with zero attached hydrogens (tertiary/aromatic N) is 1. The van der Waals surface area contributed by atoms with E-state index in [9.17, 15) is 10.1 Å². The van der Waals surface area contributed by atoms with Crippen LogP contribution in [-0.2, 0) is 0 Å². The third kappa shape index (κ3) is 3.38. The van der Waals surface area contributed by atoms with E-state index in [-0.39, 0.29) is 4.92 Å². The quantitative estimate of drug-likeness (QED) is 0.437. The molecule has 0 fully saturated rings. The summed E-state index contributed by atoms with van der Waals surface area (Å²) in [6, 6.07) is 7.51. The Morgan fingerprint density at radius 1 is 1.57 bits per heavy atom. The Balaban J connectivity index is 2.49. The molecule has 0 radical (unpaired) electrons. The third-order valence-corrected chi connectivity index (χ3v) is 3.08. The van der Waals surface area contributed by atoms with Crippen molar-refractivity contribution in [3.05, 3.63) is 39.9 Å². The summed E-state index contributed by atoms with van der Waals surface area (Å²) in [7, 11) is 0. The number of rotatable bonds is 4. The van der Waals surface area contributed by atoms with Gasteiger partial charge in [-0.3, -0.25) is 10.1 Å². The molecule has 1 atom stereocenters. The van der Waals surface area contributed by atoms with E-state index < -0.39 is 6.04 Å². The third-order valence-electron chi connectivity index (χ3n) is 1.84. The van der Waals surface area contributed by atoms with Crippen LogP contribution in [0.2, 0.25) is 0 Å². The van der Waals surface area contributed by atoms with Crippen molar-refractivity contribution in [3.8, 4) is 0 Å². The molecule has 0 N–H and O–H groups in total. The average Bonchev–Trinajstić information content (AvgIpc) is 2.14. The minimum absolute atomic E-state index is 0.247. The second-order valence-corrected chi connectivity index (χ2v) is 4.36. The molecule has 0 amide bonds. The Labute approximate surface area is 87.7 Å².